The predicted molar refractivity (Wildman–Crippen MR) is 74.6 cm³/mol. The van der Waals surface area contributed by atoms with Crippen molar-refractivity contribution in [2.45, 2.75) is 11.8 Å². The van der Waals surface area contributed by atoms with E-state index in [1.54, 1.807) is 24.5 Å². The van der Waals surface area contributed by atoms with Crippen molar-refractivity contribution in [2.75, 3.05) is 10.0 Å². The third-order valence-corrected chi connectivity index (χ3v) is 3.84. The van der Waals surface area contributed by atoms with Crippen LogP contribution in [0.25, 0.3) is 0 Å². The van der Waals surface area contributed by atoms with Crippen LogP contribution in [-0.2, 0) is 14.8 Å². The topological polar surface area (TPSA) is 89.4 Å². The second kappa shape index (κ2) is 5.70. The van der Waals surface area contributed by atoms with Gasteiger partial charge in [-0.15, -0.1) is 0 Å². The molecule has 1 aromatic heterocycles. The number of carbonyl (C=O) groups excluding carboxylic acids is 1. The van der Waals surface area contributed by atoms with Crippen LogP contribution in [0.3, 0.4) is 0 Å². The van der Waals surface area contributed by atoms with E-state index in [-0.39, 0.29) is 10.8 Å². The number of aromatic amines is 1. The summed E-state index contributed by atoms with van der Waals surface area (Å²) < 4.78 is 26.7. The summed E-state index contributed by atoms with van der Waals surface area (Å²) in [5.41, 5.74) is 0.989. The van der Waals surface area contributed by atoms with Gasteiger partial charge in [-0.3, -0.25) is 9.52 Å². The van der Waals surface area contributed by atoms with Gasteiger partial charge in [0.1, 0.15) is 5.69 Å². The van der Waals surface area contributed by atoms with Crippen LogP contribution in [0.1, 0.15) is 6.92 Å². The number of hydrogen-bond acceptors (Lipinski definition) is 3. The third kappa shape index (κ3) is 3.55. The van der Waals surface area contributed by atoms with E-state index in [0.29, 0.717) is 11.4 Å². The van der Waals surface area contributed by atoms with Gasteiger partial charge in [-0.1, -0.05) is 0 Å². The monoisotopic (exact) mass is 292 g/mol. The summed E-state index contributed by atoms with van der Waals surface area (Å²) in [4.78, 5) is 13.8. The Kier molecular flexibility index (Phi) is 3.99. The zero-order valence-corrected chi connectivity index (χ0v) is 11.6. The lowest BCUT2D eigenvalue weighted by atomic mass is 10.3. The van der Waals surface area contributed by atoms with E-state index in [4.69, 9.17) is 0 Å². The van der Waals surface area contributed by atoms with Crippen molar-refractivity contribution in [2.24, 2.45) is 0 Å². The molecule has 1 heterocycles. The third-order valence-electron chi connectivity index (χ3n) is 2.44. The van der Waals surface area contributed by atoms with Crippen molar-refractivity contribution in [3.8, 4) is 0 Å². The number of sulfonamides is 1. The second-order valence-corrected chi connectivity index (χ2v) is 5.79. The first-order valence-electron chi connectivity index (χ1n) is 5.84. The summed E-state index contributed by atoms with van der Waals surface area (Å²) in [7, 11) is -3.64. The molecule has 0 saturated carbocycles. The van der Waals surface area contributed by atoms with Crippen LogP contribution in [-0.4, -0.2) is 14.3 Å². The van der Waals surface area contributed by atoms with Gasteiger partial charge in [0, 0.05) is 18.7 Å². The fourth-order valence-electron chi connectivity index (χ4n) is 1.59. The maximum atomic E-state index is 12.1. The Morgan fingerprint density at radius 3 is 2.35 bits per heavy atom. The average molecular weight is 292 g/mol. The highest BCUT2D eigenvalue weighted by molar-refractivity contribution is 7.92. The molecule has 0 aliphatic rings. The molecule has 20 heavy (non-hydrogen) atoms. The number of hydrogen-bond donors (Lipinski definition) is 2. The Morgan fingerprint density at radius 1 is 1.10 bits per heavy atom. The highest BCUT2D eigenvalue weighted by Crippen LogP contribution is 2.17. The van der Waals surface area contributed by atoms with E-state index in [1.165, 1.54) is 31.2 Å². The molecule has 2 rings (SSSR count). The standard InChI is InChI=1S/C13H13N3O3S/c1-10(17)15-11-4-6-13(7-5-11)20(18,19)16-12-3-2-8-14-9-12/h2-9,16H,1H3,(H,15,17)/p+1. The number of anilines is 2. The maximum absolute atomic E-state index is 12.1. The summed E-state index contributed by atoms with van der Waals surface area (Å²) in [6.07, 6.45) is 3.23. The lowest BCUT2D eigenvalue weighted by Gasteiger charge is -2.07. The molecule has 0 aliphatic heterocycles. The number of carbonyl (C=O) groups is 1. The summed E-state index contributed by atoms with van der Waals surface area (Å²) in [6.45, 7) is 1.39. The van der Waals surface area contributed by atoms with Crippen LogP contribution in [0, 0.1) is 0 Å². The van der Waals surface area contributed by atoms with Crippen molar-refractivity contribution < 1.29 is 18.2 Å². The number of aromatic nitrogens is 1. The van der Waals surface area contributed by atoms with Crippen molar-refractivity contribution >= 4 is 27.3 Å². The highest BCUT2D eigenvalue weighted by atomic mass is 32.2. The number of amides is 1. The Bertz CT molecular complexity index is 697. The molecular formula is C13H14N3O3S+. The van der Waals surface area contributed by atoms with Gasteiger partial charge in [0.05, 0.1) is 4.90 Å². The first-order valence-corrected chi connectivity index (χ1v) is 7.32. The van der Waals surface area contributed by atoms with Crippen molar-refractivity contribution in [3.05, 3.63) is 48.8 Å². The number of pyridine rings is 1. The van der Waals surface area contributed by atoms with Gasteiger partial charge >= 0.3 is 0 Å². The molecule has 0 fully saturated rings. The zero-order valence-electron chi connectivity index (χ0n) is 10.8. The quantitative estimate of drug-likeness (QED) is 0.889. The molecule has 3 N–H and O–H groups in total. The molecular weight excluding hydrogens is 278 g/mol. The lowest BCUT2D eigenvalue weighted by molar-refractivity contribution is -0.376. The summed E-state index contributed by atoms with van der Waals surface area (Å²) >= 11 is 0. The molecule has 2 aromatic rings. The van der Waals surface area contributed by atoms with E-state index >= 15 is 0 Å². The Labute approximate surface area is 116 Å². The van der Waals surface area contributed by atoms with Gasteiger partial charge in [0.25, 0.3) is 10.0 Å². The van der Waals surface area contributed by atoms with Crippen LogP contribution in [0.2, 0.25) is 0 Å². The Morgan fingerprint density at radius 2 is 1.80 bits per heavy atom. The molecule has 1 amide bonds. The molecule has 0 aliphatic carbocycles. The predicted octanol–water partition coefficient (Wildman–Crippen LogP) is 1.26. The van der Waals surface area contributed by atoms with Crippen LogP contribution in [0.15, 0.2) is 53.7 Å². The minimum Gasteiger partial charge on any atom is -0.326 e. The molecule has 0 unspecified atom stereocenters. The fraction of sp³-hybridized carbons (Fsp3) is 0.0769. The molecule has 1 aromatic carbocycles. The van der Waals surface area contributed by atoms with Gasteiger partial charge in [-0.25, -0.2) is 13.4 Å². The minimum absolute atomic E-state index is 0.121. The highest BCUT2D eigenvalue weighted by Gasteiger charge is 2.14. The van der Waals surface area contributed by atoms with Crippen LogP contribution < -0.4 is 15.0 Å². The van der Waals surface area contributed by atoms with Crippen molar-refractivity contribution in [3.63, 3.8) is 0 Å². The first-order chi connectivity index (χ1) is 9.47. The number of benzene rings is 1. The lowest BCUT2D eigenvalue weighted by Crippen LogP contribution is -2.14. The van der Waals surface area contributed by atoms with Crippen molar-refractivity contribution in [1.82, 2.24) is 0 Å². The van der Waals surface area contributed by atoms with E-state index in [9.17, 15) is 13.2 Å². The van der Waals surface area contributed by atoms with Gasteiger partial charge in [-0.05, 0) is 30.3 Å². The molecule has 0 bridgehead atoms. The fourth-order valence-corrected chi connectivity index (χ4v) is 2.64. The maximum Gasteiger partial charge on any atom is 0.262 e. The van der Waals surface area contributed by atoms with Crippen LogP contribution in [0.4, 0.5) is 11.4 Å². The molecule has 7 heteroatoms. The van der Waals surface area contributed by atoms with E-state index < -0.39 is 10.0 Å². The Hall–Kier alpha value is -2.41. The SMILES string of the molecule is CC(=O)Nc1ccc(S(=O)(=O)Nc2ccc[nH+]c2)cc1. The largest absolute Gasteiger partial charge is 0.326 e. The first kappa shape index (κ1) is 14.0. The Balaban J connectivity index is 2.19. The molecule has 0 spiro atoms. The normalized spacial score (nSPS) is 10.8. The number of nitrogens with one attached hydrogen (secondary N) is 3. The zero-order chi connectivity index (χ0) is 14.6. The minimum atomic E-state index is -3.64. The van der Waals surface area contributed by atoms with Gasteiger partial charge in [-0.2, -0.15) is 0 Å². The van der Waals surface area contributed by atoms with Gasteiger partial charge in [0.15, 0.2) is 12.4 Å². The summed E-state index contributed by atoms with van der Waals surface area (Å²) in [5, 5.41) is 2.57. The van der Waals surface area contributed by atoms with Crippen LogP contribution >= 0.6 is 0 Å². The molecule has 0 atom stereocenters. The van der Waals surface area contributed by atoms with Crippen molar-refractivity contribution in [1.29, 1.82) is 0 Å². The van der Waals surface area contributed by atoms with Gasteiger partial charge in [0.2, 0.25) is 5.91 Å². The molecule has 104 valence electrons. The summed E-state index contributed by atoms with van der Waals surface area (Å²) in [6, 6.07) is 9.26. The van der Waals surface area contributed by atoms with Gasteiger partial charge < -0.3 is 5.32 Å². The average Bonchev–Trinajstić information content (AvgIpc) is 2.39. The molecule has 6 nitrogen and oxygen atoms in total. The smallest absolute Gasteiger partial charge is 0.262 e. The van der Waals surface area contributed by atoms with E-state index in [2.05, 4.69) is 15.0 Å². The van der Waals surface area contributed by atoms with E-state index in [0.717, 1.165) is 0 Å². The number of rotatable bonds is 4. The molecule has 0 saturated heterocycles. The number of H-pyrrole nitrogens is 1. The summed E-state index contributed by atoms with van der Waals surface area (Å²) in [5.74, 6) is -0.210. The second-order valence-electron chi connectivity index (χ2n) is 4.10. The van der Waals surface area contributed by atoms with E-state index in [1.807, 2.05) is 0 Å². The molecule has 0 radical (unpaired) electrons. The van der Waals surface area contributed by atoms with Crippen LogP contribution in [0.5, 0.6) is 0 Å².